The van der Waals surface area contributed by atoms with E-state index in [2.05, 4.69) is 10.4 Å². The molecule has 1 N–H and O–H groups in total. The Morgan fingerprint density at radius 2 is 2.39 bits per heavy atom. The monoisotopic (exact) mass is 333 g/mol. The van der Waals surface area contributed by atoms with Crippen LogP contribution in [0, 0.1) is 5.92 Å². The molecule has 1 fully saturated rings. The van der Waals surface area contributed by atoms with Crippen LogP contribution in [0.25, 0.3) is 5.69 Å². The first-order valence-electron chi connectivity index (χ1n) is 7.87. The van der Waals surface area contributed by atoms with E-state index in [4.69, 9.17) is 16.3 Å². The Morgan fingerprint density at radius 1 is 1.52 bits per heavy atom. The highest BCUT2D eigenvalue weighted by atomic mass is 35.5. The predicted octanol–water partition coefficient (Wildman–Crippen LogP) is 2.85. The second-order valence-corrected chi connectivity index (χ2v) is 6.13. The van der Waals surface area contributed by atoms with Gasteiger partial charge in [0.2, 0.25) is 0 Å². The summed E-state index contributed by atoms with van der Waals surface area (Å²) in [5.41, 5.74) is 2.36. The predicted molar refractivity (Wildman–Crippen MR) is 89.2 cm³/mol. The summed E-state index contributed by atoms with van der Waals surface area (Å²) in [5, 5.41) is 8.01. The SMILES string of the molecule is CCc1c(C(=O)NC[C@H]2CCOC2)cnn1-c1cccc(Cl)c1. The van der Waals surface area contributed by atoms with Gasteiger partial charge in [-0.2, -0.15) is 5.10 Å². The number of hydrogen-bond acceptors (Lipinski definition) is 3. The van der Waals surface area contributed by atoms with Crippen molar-refractivity contribution in [3.05, 3.63) is 46.7 Å². The Kier molecular flexibility index (Phi) is 4.98. The average Bonchev–Trinajstić information content (AvgIpc) is 3.21. The molecular formula is C17H20ClN3O2. The van der Waals surface area contributed by atoms with E-state index >= 15 is 0 Å². The van der Waals surface area contributed by atoms with Crippen molar-refractivity contribution in [2.24, 2.45) is 5.92 Å². The molecule has 0 saturated carbocycles. The van der Waals surface area contributed by atoms with E-state index < -0.39 is 0 Å². The second kappa shape index (κ2) is 7.15. The van der Waals surface area contributed by atoms with Gasteiger partial charge in [0.25, 0.3) is 5.91 Å². The fourth-order valence-electron chi connectivity index (χ4n) is 2.81. The van der Waals surface area contributed by atoms with Gasteiger partial charge in [-0.1, -0.05) is 24.6 Å². The van der Waals surface area contributed by atoms with E-state index in [-0.39, 0.29) is 5.91 Å². The van der Waals surface area contributed by atoms with Gasteiger partial charge in [0, 0.05) is 24.1 Å². The molecule has 23 heavy (non-hydrogen) atoms. The number of aromatic nitrogens is 2. The molecule has 1 amide bonds. The van der Waals surface area contributed by atoms with Crippen LogP contribution in [-0.2, 0) is 11.2 Å². The van der Waals surface area contributed by atoms with Crippen LogP contribution in [0.5, 0.6) is 0 Å². The molecule has 2 heterocycles. The van der Waals surface area contributed by atoms with E-state index in [9.17, 15) is 4.79 Å². The van der Waals surface area contributed by atoms with Crippen molar-refractivity contribution >= 4 is 17.5 Å². The third kappa shape index (κ3) is 3.57. The molecule has 0 aliphatic carbocycles. The van der Waals surface area contributed by atoms with Crippen LogP contribution in [-0.4, -0.2) is 35.4 Å². The molecule has 1 saturated heterocycles. The number of benzene rings is 1. The molecule has 1 aliphatic rings. The molecule has 122 valence electrons. The molecule has 1 aromatic heterocycles. The maximum atomic E-state index is 12.5. The van der Waals surface area contributed by atoms with Crippen LogP contribution < -0.4 is 5.32 Å². The highest BCUT2D eigenvalue weighted by Gasteiger charge is 2.20. The summed E-state index contributed by atoms with van der Waals surface area (Å²) < 4.78 is 7.11. The van der Waals surface area contributed by atoms with Gasteiger partial charge in [-0.15, -0.1) is 0 Å². The number of nitrogens with zero attached hydrogens (tertiary/aromatic N) is 2. The van der Waals surface area contributed by atoms with E-state index in [0.29, 0.717) is 29.5 Å². The smallest absolute Gasteiger partial charge is 0.254 e. The van der Waals surface area contributed by atoms with E-state index in [1.165, 1.54) is 0 Å². The second-order valence-electron chi connectivity index (χ2n) is 5.69. The lowest BCUT2D eigenvalue weighted by molar-refractivity contribution is 0.0944. The Morgan fingerprint density at radius 3 is 3.09 bits per heavy atom. The summed E-state index contributed by atoms with van der Waals surface area (Å²) in [6.07, 6.45) is 3.34. The molecule has 1 atom stereocenters. The summed E-state index contributed by atoms with van der Waals surface area (Å²) in [4.78, 5) is 12.5. The summed E-state index contributed by atoms with van der Waals surface area (Å²) in [7, 11) is 0. The molecule has 1 aliphatic heterocycles. The Balaban J connectivity index is 1.78. The third-order valence-corrected chi connectivity index (χ3v) is 4.31. The summed E-state index contributed by atoms with van der Waals surface area (Å²) >= 11 is 6.05. The number of rotatable bonds is 5. The van der Waals surface area contributed by atoms with Gasteiger partial charge in [-0.25, -0.2) is 4.68 Å². The van der Waals surface area contributed by atoms with Gasteiger partial charge in [-0.3, -0.25) is 4.79 Å². The molecule has 0 unspecified atom stereocenters. The van der Waals surface area contributed by atoms with Crippen molar-refractivity contribution in [2.75, 3.05) is 19.8 Å². The van der Waals surface area contributed by atoms with Crippen LogP contribution in [0.15, 0.2) is 30.5 Å². The number of carbonyl (C=O) groups excluding carboxylic acids is 1. The first kappa shape index (κ1) is 16.0. The third-order valence-electron chi connectivity index (χ3n) is 4.08. The van der Waals surface area contributed by atoms with Gasteiger partial charge < -0.3 is 10.1 Å². The molecule has 0 radical (unpaired) electrons. The fourth-order valence-corrected chi connectivity index (χ4v) is 3.00. The minimum atomic E-state index is -0.0815. The van der Waals surface area contributed by atoms with Crippen molar-refractivity contribution in [2.45, 2.75) is 19.8 Å². The molecule has 5 nitrogen and oxygen atoms in total. The van der Waals surface area contributed by atoms with Crippen molar-refractivity contribution in [3.8, 4) is 5.69 Å². The Labute approximate surface area is 140 Å². The topological polar surface area (TPSA) is 56.1 Å². The van der Waals surface area contributed by atoms with Gasteiger partial charge in [0.15, 0.2) is 0 Å². The zero-order valence-electron chi connectivity index (χ0n) is 13.1. The Hall–Kier alpha value is -1.85. The number of hydrogen-bond donors (Lipinski definition) is 1. The first-order valence-corrected chi connectivity index (χ1v) is 8.25. The average molecular weight is 334 g/mol. The van der Waals surface area contributed by atoms with Gasteiger partial charge >= 0.3 is 0 Å². The van der Waals surface area contributed by atoms with Crippen molar-refractivity contribution in [1.82, 2.24) is 15.1 Å². The minimum Gasteiger partial charge on any atom is -0.381 e. The molecule has 0 spiro atoms. The summed E-state index contributed by atoms with van der Waals surface area (Å²) in [6, 6.07) is 7.46. The van der Waals surface area contributed by atoms with Crippen LogP contribution in [0.4, 0.5) is 0 Å². The van der Waals surface area contributed by atoms with Crippen LogP contribution >= 0.6 is 11.6 Å². The quantitative estimate of drug-likeness (QED) is 0.915. The molecule has 2 aromatic rings. The van der Waals surface area contributed by atoms with Gasteiger partial charge in [-0.05, 0) is 31.0 Å². The standard InChI is InChI=1S/C17H20ClN3O2/c1-2-16-15(17(22)19-9-12-6-7-23-11-12)10-20-21(16)14-5-3-4-13(18)8-14/h3-5,8,10,12H,2,6-7,9,11H2,1H3,(H,19,22)/t12-/m1/s1. The number of nitrogens with one attached hydrogen (secondary N) is 1. The highest BCUT2D eigenvalue weighted by molar-refractivity contribution is 6.30. The fraction of sp³-hybridized carbons (Fsp3) is 0.412. The largest absolute Gasteiger partial charge is 0.381 e. The van der Waals surface area contributed by atoms with Crippen molar-refractivity contribution in [1.29, 1.82) is 0 Å². The number of carbonyl (C=O) groups is 1. The lowest BCUT2D eigenvalue weighted by Gasteiger charge is -2.11. The summed E-state index contributed by atoms with van der Waals surface area (Å²) in [5.74, 6) is 0.328. The van der Waals surface area contributed by atoms with Crippen LogP contribution in [0.1, 0.15) is 29.4 Å². The minimum absolute atomic E-state index is 0.0815. The van der Waals surface area contributed by atoms with Gasteiger partial charge in [0.1, 0.15) is 0 Å². The molecule has 6 heteroatoms. The molecular weight excluding hydrogens is 314 g/mol. The molecule has 0 bridgehead atoms. The van der Waals surface area contributed by atoms with Crippen molar-refractivity contribution in [3.63, 3.8) is 0 Å². The summed E-state index contributed by atoms with van der Waals surface area (Å²) in [6.45, 7) is 4.17. The molecule has 1 aromatic carbocycles. The van der Waals surface area contributed by atoms with Crippen LogP contribution in [0.2, 0.25) is 5.02 Å². The van der Waals surface area contributed by atoms with Crippen LogP contribution in [0.3, 0.4) is 0 Å². The zero-order valence-corrected chi connectivity index (χ0v) is 13.8. The van der Waals surface area contributed by atoms with Gasteiger partial charge in [0.05, 0.1) is 29.7 Å². The lowest BCUT2D eigenvalue weighted by Crippen LogP contribution is -2.30. The van der Waals surface area contributed by atoms with E-state index in [0.717, 1.165) is 31.0 Å². The maximum absolute atomic E-state index is 12.5. The van der Waals surface area contributed by atoms with E-state index in [1.54, 1.807) is 10.9 Å². The van der Waals surface area contributed by atoms with Crippen molar-refractivity contribution < 1.29 is 9.53 Å². The highest BCUT2D eigenvalue weighted by Crippen LogP contribution is 2.19. The Bertz CT molecular complexity index is 693. The maximum Gasteiger partial charge on any atom is 0.254 e. The molecule has 3 rings (SSSR count). The zero-order chi connectivity index (χ0) is 16.2. The van der Waals surface area contributed by atoms with E-state index in [1.807, 2.05) is 31.2 Å². The first-order chi connectivity index (χ1) is 11.2. The lowest BCUT2D eigenvalue weighted by atomic mass is 10.1. The number of amides is 1. The number of ether oxygens (including phenoxy) is 1. The number of halogens is 1. The normalized spacial score (nSPS) is 17.4.